The summed E-state index contributed by atoms with van der Waals surface area (Å²) in [6.07, 6.45) is 1.04. The van der Waals surface area contributed by atoms with E-state index in [0.29, 0.717) is 12.8 Å². The smallest absolute Gasteiger partial charge is 0.326 e. The molecule has 5 atom stereocenters. The number of nitrogens with one attached hydrogen (secondary N) is 2. The van der Waals surface area contributed by atoms with Gasteiger partial charge in [0, 0.05) is 13.0 Å². The number of nitrogens with two attached hydrogens (primary N) is 2. The molecule has 0 radical (unpaired) electrons. The van der Waals surface area contributed by atoms with Crippen molar-refractivity contribution in [3.63, 3.8) is 0 Å². The van der Waals surface area contributed by atoms with Crippen LogP contribution in [-0.4, -0.2) is 70.3 Å². The van der Waals surface area contributed by atoms with Gasteiger partial charge in [-0.15, -0.1) is 0 Å². The monoisotopic (exact) mass is 489 g/mol. The van der Waals surface area contributed by atoms with Crippen LogP contribution in [0.3, 0.4) is 0 Å². The normalized spacial score (nSPS) is 18.7. The molecule has 0 aliphatic carbocycles. The van der Waals surface area contributed by atoms with E-state index in [1.165, 1.54) is 0 Å². The van der Waals surface area contributed by atoms with Crippen molar-refractivity contribution < 1.29 is 29.1 Å². The number of hydrogen-bond donors (Lipinski definition) is 5. The highest BCUT2D eigenvalue weighted by Gasteiger charge is 2.39. The van der Waals surface area contributed by atoms with E-state index in [0.717, 1.165) is 10.5 Å². The first-order valence-electron chi connectivity index (χ1n) is 11.8. The molecule has 0 aromatic heterocycles. The summed E-state index contributed by atoms with van der Waals surface area (Å²) in [5.41, 5.74) is 12.1. The van der Waals surface area contributed by atoms with Gasteiger partial charge in [0.1, 0.15) is 18.1 Å². The third-order valence-corrected chi connectivity index (χ3v) is 6.32. The average molecular weight is 490 g/mol. The van der Waals surface area contributed by atoms with Crippen LogP contribution in [0.1, 0.15) is 45.1 Å². The Labute approximate surface area is 204 Å². The molecule has 1 saturated heterocycles. The van der Waals surface area contributed by atoms with E-state index in [1.54, 1.807) is 24.3 Å². The minimum atomic E-state index is -1.36. The number of carbonyl (C=O) groups excluding carboxylic acids is 4. The first kappa shape index (κ1) is 27.8. The summed E-state index contributed by atoms with van der Waals surface area (Å²) in [6, 6.07) is 4.63. The van der Waals surface area contributed by atoms with Gasteiger partial charge in [-0.3, -0.25) is 19.2 Å². The minimum absolute atomic E-state index is 0.116. The lowest BCUT2D eigenvalue weighted by Gasteiger charge is -2.29. The number of carbonyl (C=O) groups is 5. The molecule has 0 bridgehead atoms. The van der Waals surface area contributed by atoms with Crippen molar-refractivity contribution >= 4 is 29.6 Å². The Balaban J connectivity index is 2.25. The van der Waals surface area contributed by atoms with Crippen LogP contribution < -0.4 is 22.1 Å². The van der Waals surface area contributed by atoms with Crippen LogP contribution in [0.25, 0.3) is 0 Å². The lowest BCUT2D eigenvalue weighted by atomic mass is 9.98. The number of aliphatic carboxylic acids is 1. The van der Waals surface area contributed by atoms with Crippen molar-refractivity contribution in [1.29, 1.82) is 0 Å². The minimum Gasteiger partial charge on any atom is -0.480 e. The third kappa shape index (κ3) is 7.78. The van der Waals surface area contributed by atoms with Gasteiger partial charge < -0.3 is 32.1 Å². The summed E-state index contributed by atoms with van der Waals surface area (Å²) in [5, 5.41) is 14.6. The molecule has 1 aromatic carbocycles. The van der Waals surface area contributed by atoms with Crippen LogP contribution in [0, 0.1) is 5.92 Å². The van der Waals surface area contributed by atoms with Gasteiger partial charge in [0.2, 0.25) is 23.6 Å². The molecule has 11 heteroatoms. The van der Waals surface area contributed by atoms with Crippen LogP contribution in [0.2, 0.25) is 0 Å². The van der Waals surface area contributed by atoms with Crippen LogP contribution in [0.5, 0.6) is 0 Å². The topological polar surface area (TPSA) is 185 Å². The van der Waals surface area contributed by atoms with Crippen LogP contribution in [-0.2, 0) is 30.4 Å². The van der Waals surface area contributed by atoms with Crippen molar-refractivity contribution in [2.45, 2.75) is 70.1 Å². The van der Waals surface area contributed by atoms with Crippen LogP contribution in [0.4, 0.5) is 0 Å². The van der Waals surface area contributed by atoms with Crippen molar-refractivity contribution in [1.82, 2.24) is 15.5 Å². The molecule has 1 heterocycles. The molecular formula is C24H35N5O6. The second kappa shape index (κ2) is 12.8. The van der Waals surface area contributed by atoms with E-state index in [1.807, 2.05) is 19.9 Å². The Hall–Kier alpha value is -3.47. The van der Waals surface area contributed by atoms with Crippen molar-refractivity contribution in [3.8, 4) is 0 Å². The maximum atomic E-state index is 13.3. The van der Waals surface area contributed by atoms with Gasteiger partial charge in [-0.25, -0.2) is 4.79 Å². The Bertz CT molecular complexity index is 924. The largest absolute Gasteiger partial charge is 0.480 e. The fourth-order valence-corrected chi connectivity index (χ4v) is 4.00. The second-order valence-corrected chi connectivity index (χ2v) is 8.92. The summed E-state index contributed by atoms with van der Waals surface area (Å²) < 4.78 is 0. The number of benzene rings is 1. The van der Waals surface area contributed by atoms with Gasteiger partial charge >= 0.3 is 5.97 Å². The van der Waals surface area contributed by atoms with E-state index < -0.39 is 60.2 Å². The first-order valence-corrected chi connectivity index (χ1v) is 11.8. The summed E-state index contributed by atoms with van der Waals surface area (Å²) in [7, 11) is 0. The highest BCUT2D eigenvalue weighted by Crippen LogP contribution is 2.19. The van der Waals surface area contributed by atoms with Crippen molar-refractivity contribution in [3.05, 3.63) is 35.9 Å². The molecule has 0 saturated carbocycles. The number of amides is 4. The molecule has 5 unspecified atom stereocenters. The summed E-state index contributed by atoms with van der Waals surface area (Å²) >= 11 is 0. The molecule has 11 nitrogen and oxygen atoms in total. The molecule has 192 valence electrons. The Morgan fingerprint density at radius 3 is 2.29 bits per heavy atom. The zero-order chi connectivity index (χ0) is 26.1. The molecular weight excluding hydrogens is 454 g/mol. The van der Waals surface area contributed by atoms with E-state index in [-0.39, 0.29) is 25.3 Å². The Kier molecular flexibility index (Phi) is 10.2. The zero-order valence-electron chi connectivity index (χ0n) is 20.1. The highest BCUT2D eigenvalue weighted by molar-refractivity contribution is 5.96. The number of carboxylic acid groups (broad SMARTS) is 1. The van der Waals surface area contributed by atoms with E-state index in [9.17, 15) is 29.1 Å². The molecule has 1 aliphatic rings. The predicted molar refractivity (Wildman–Crippen MR) is 128 cm³/mol. The van der Waals surface area contributed by atoms with E-state index in [4.69, 9.17) is 11.5 Å². The molecule has 1 aliphatic heterocycles. The summed E-state index contributed by atoms with van der Waals surface area (Å²) in [4.78, 5) is 63.4. The lowest BCUT2D eigenvalue weighted by molar-refractivity contribution is -0.149. The fourth-order valence-electron chi connectivity index (χ4n) is 4.00. The summed E-state index contributed by atoms with van der Waals surface area (Å²) in [6.45, 7) is 3.91. The molecule has 35 heavy (non-hydrogen) atoms. The standard InChI is InChI=1S/C24H35N5O6/c1-3-14(2)20(26)22(32)27-16(12-15-8-5-4-6-9-15)21(31)28-17(13-19(25)30)23(33)29-11-7-10-18(29)24(34)35/h4-6,8-9,14,16-18,20H,3,7,10-13,26H2,1-2H3,(H2,25,30)(H,27,32)(H,28,31)(H,34,35). The van der Waals surface area contributed by atoms with Gasteiger partial charge in [-0.05, 0) is 24.3 Å². The molecule has 4 amide bonds. The maximum absolute atomic E-state index is 13.3. The first-order chi connectivity index (χ1) is 16.5. The molecule has 2 rings (SSSR count). The zero-order valence-corrected chi connectivity index (χ0v) is 20.1. The molecule has 1 fully saturated rings. The van der Waals surface area contributed by atoms with E-state index >= 15 is 0 Å². The second-order valence-electron chi connectivity index (χ2n) is 8.92. The van der Waals surface area contributed by atoms with Crippen molar-refractivity contribution in [2.75, 3.05) is 6.54 Å². The fraction of sp³-hybridized carbons (Fsp3) is 0.542. The Morgan fingerprint density at radius 2 is 1.71 bits per heavy atom. The van der Waals surface area contributed by atoms with E-state index in [2.05, 4.69) is 10.6 Å². The van der Waals surface area contributed by atoms with Gasteiger partial charge in [-0.2, -0.15) is 0 Å². The molecule has 7 N–H and O–H groups in total. The Morgan fingerprint density at radius 1 is 1.09 bits per heavy atom. The third-order valence-electron chi connectivity index (χ3n) is 6.32. The quantitative estimate of drug-likeness (QED) is 0.262. The molecule has 0 spiro atoms. The number of likely N-dealkylation sites (tertiary alicyclic amines) is 1. The van der Waals surface area contributed by atoms with Gasteiger partial charge in [0.15, 0.2) is 0 Å². The number of carboxylic acids is 1. The van der Waals surface area contributed by atoms with Crippen LogP contribution >= 0.6 is 0 Å². The number of primary amides is 1. The maximum Gasteiger partial charge on any atom is 0.326 e. The SMILES string of the molecule is CCC(C)C(N)C(=O)NC(Cc1ccccc1)C(=O)NC(CC(N)=O)C(=O)N1CCCC1C(=O)O. The number of rotatable bonds is 12. The number of nitrogens with zero attached hydrogens (tertiary/aromatic N) is 1. The average Bonchev–Trinajstić information content (AvgIpc) is 3.32. The van der Waals surface area contributed by atoms with Crippen molar-refractivity contribution in [2.24, 2.45) is 17.4 Å². The van der Waals surface area contributed by atoms with Crippen LogP contribution in [0.15, 0.2) is 30.3 Å². The molecule has 1 aromatic rings. The summed E-state index contributed by atoms with van der Waals surface area (Å²) in [5.74, 6) is -4.04. The lowest BCUT2D eigenvalue weighted by Crippen LogP contribution is -2.58. The van der Waals surface area contributed by atoms with Gasteiger partial charge in [0.05, 0.1) is 12.5 Å². The van der Waals surface area contributed by atoms with Gasteiger partial charge in [0.25, 0.3) is 0 Å². The number of hydrogen-bond acceptors (Lipinski definition) is 6. The van der Waals surface area contributed by atoms with Gasteiger partial charge in [-0.1, -0.05) is 50.6 Å². The highest BCUT2D eigenvalue weighted by atomic mass is 16.4. The predicted octanol–water partition coefficient (Wildman–Crippen LogP) is -0.477.